The summed E-state index contributed by atoms with van der Waals surface area (Å²) in [7, 11) is 2.90. The lowest BCUT2D eigenvalue weighted by Gasteiger charge is -2.21. The van der Waals surface area contributed by atoms with Crippen LogP contribution in [0.15, 0.2) is 5.51 Å². The minimum atomic E-state index is -0.337. The first-order valence-electron chi connectivity index (χ1n) is 5.85. The number of methoxy groups -OCH3 is 2. The van der Waals surface area contributed by atoms with Crippen molar-refractivity contribution in [1.82, 2.24) is 9.88 Å². The zero-order valence-electron chi connectivity index (χ0n) is 11.3. The SMILES string of the molecule is COCCN(CCC(=O)OC)C(=O)c1scnc1C. The average Bonchev–Trinajstić information content (AvgIpc) is 2.84. The van der Waals surface area contributed by atoms with E-state index in [1.807, 2.05) is 0 Å². The summed E-state index contributed by atoms with van der Waals surface area (Å²) in [4.78, 5) is 29.7. The summed E-state index contributed by atoms with van der Waals surface area (Å²) in [6.45, 7) is 2.96. The van der Waals surface area contributed by atoms with Crippen LogP contribution in [0.2, 0.25) is 0 Å². The summed E-state index contributed by atoms with van der Waals surface area (Å²) in [5.74, 6) is -0.461. The number of hydrogen-bond donors (Lipinski definition) is 0. The first-order valence-corrected chi connectivity index (χ1v) is 6.73. The highest BCUT2D eigenvalue weighted by Gasteiger charge is 2.20. The second kappa shape index (κ2) is 7.85. The number of hydrogen-bond acceptors (Lipinski definition) is 6. The molecule has 0 bridgehead atoms. The van der Waals surface area contributed by atoms with Crippen molar-refractivity contribution in [3.63, 3.8) is 0 Å². The van der Waals surface area contributed by atoms with Crippen LogP contribution in [0, 0.1) is 6.92 Å². The van der Waals surface area contributed by atoms with Gasteiger partial charge in [-0.3, -0.25) is 9.59 Å². The van der Waals surface area contributed by atoms with Gasteiger partial charge >= 0.3 is 5.97 Å². The smallest absolute Gasteiger partial charge is 0.307 e. The largest absolute Gasteiger partial charge is 0.469 e. The Balaban J connectivity index is 2.70. The van der Waals surface area contributed by atoms with E-state index in [9.17, 15) is 9.59 Å². The monoisotopic (exact) mass is 286 g/mol. The van der Waals surface area contributed by atoms with Gasteiger partial charge < -0.3 is 14.4 Å². The maximum Gasteiger partial charge on any atom is 0.307 e. The molecule has 0 aromatic carbocycles. The molecule has 0 aliphatic rings. The second-order valence-corrected chi connectivity index (χ2v) is 4.73. The molecule has 19 heavy (non-hydrogen) atoms. The molecule has 1 aromatic rings. The number of esters is 1. The molecule has 0 saturated heterocycles. The molecule has 1 aromatic heterocycles. The van der Waals surface area contributed by atoms with Gasteiger partial charge in [-0.15, -0.1) is 11.3 Å². The highest BCUT2D eigenvalue weighted by atomic mass is 32.1. The van der Waals surface area contributed by atoms with Gasteiger partial charge in [0.2, 0.25) is 0 Å². The standard InChI is InChI=1S/C12H18N2O4S/c1-9-11(19-8-13-9)12(16)14(6-7-17-2)5-4-10(15)18-3/h8H,4-7H2,1-3H3. The average molecular weight is 286 g/mol. The number of thiazole rings is 1. The van der Waals surface area contributed by atoms with E-state index in [-0.39, 0.29) is 18.3 Å². The van der Waals surface area contributed by atoms with E-state index in [2.05, 4.69) is 9.72 Å². The lowest BCUT2D eigenvalue weighted by molar-refractivity contribution is -0.140. The van der Waals surface area contributed by atoms with Crippen molar-refractivity contribution in [3.05, 3.63) is 16.1 Å². The van der Waals surface area contributed by atoms with Gasteiger partial charge in [0.15, 0.2) is 0 Å². The third-order valence-electron chi connectivity index (χ3n) is 2.61. The van der Waals surface area contributed by atoms with Gasteiger partial charge in [0.1, 0.15) is 4.88 Å². The zero-order valence-corrected chi connectivity index (χ0v) is 12.2. The Kier molecular flexibility index (Phi) is 6.44. The van der Waals surface area contributed by atoms with Crippen molar-refractivity contribution in [3.8, 4) is 0 Å². The van der Waals surface area contributed by atoms with E-state index in [4.69, 9.17) is 4.74 Å². The topological polar surface area (TPSA) is 68.7 Å². The number of carbonyl (C=O) groups is 2. The fourth-order valence-electron chi connectivity index (χ4n) is 1.50. The Hall–Kier alpha value is -1.47. The molecule has 0 aliphatic carbocycles. The number of amides is 1. The number of nitrogens with zero attached hydrogens (tertiary/aromatic N) is 2. The molecular weight excluding hydrogens is 268 g/mol. The molecule has 0 fully saturated rings. The van der Waals surface area contributed by atoms with Gasteiger partial charge in [-0.1, -0.05) is 0 Å². The lowest BCUT2D eigenvalue weighted by Crippen LogP contribution is -2.35. The van der Waals surface area contributed by atoms with E-state index in [0.29, 0.717) is 30.3 Å². The van der Waals surface area contributed by atoms with Crippen molar-refractivity contribution in [1.29, 1.82) is 0 Å². The van der Waals surface area contributed by atoms with Crippen LogP contribution in [0.5, 0.6) is 0 Å². The van der Waals surface area contributed by atoms with Crippen molar-refractivity contribution >= 4 is 23.2 Å². The van der Waals surface area contributed by atoms with E-state index >= 15 is 0 Å². The van der Waals surface area contributed by atoms with Crippen molar-refractivity contribution in [2.75, 3.05) is 33.9 Å². The van der Waals surface area contributed by atoms with Gasteiger partial charge in [-0.05, 0) is 6.92 Å². The summed E-state index contributed by atoms with van der Waals surface area (Å²) >= 11 is 1.30. The summed E-state index contributed by atoms with van der Waals surface area (Å²) in [5, 5.41) is 0. The maximum atomic E-state index is 12.3. The third kappa shape index (κ3) is 4.60. The van der Waals surface area contributed by atoms with Crippen LogP contribution in [0.4, 0.5) is 0 Å². The van der Waals surface area contributed by atoms with Gasteiger partial charge in [0, 0.05) is 20.2 Å². The molecule has 1 heterocycles. The van der Waals surface area contributed by atoms with Crippen LogP contribution in [0.25, 0.3) is 0 Å². The molecule has 0 atom stereocenters. The third-order valence-corrected chi connectivity index (χ3v) is 3.52. The van der Waals surface area contributed by atoms with Crippen LogP contribution in [0.1, 0.15) is 21.8 Å². The van der Waals surface area contributed by atoms with Crippen LogP contribution < -0.4 is 0 Å². The number of rotatable bonds is 7. The predicted octanol–water partition coefficient (Wildman–Crippen LogP) is 1.10. The molecule has 6 nitrogen and oxygen atoms in total. The Morgan fingerprint density at radius 1 is 1.37 bits per heavy atom. The Bertz CT molecular complexity index is 433. The predicted molar refractivity (Wildman–Crippen MR) is 71.3 cm³/mol. The lowest BCUT2D eigenvalue weighted by atomic mass is 10.3. The fraction of sp³-hybridized carbons (Fsp3) is 0.583. The van der Waals surface area contributed by atoms with Gasteiger partial charge in [-0.25, -0.2) is 4.98 Å². The number of carbonyl (C=O) groups excluding carboxylic acids is 2. The van der Waals surface area contributed by atoms with Crippen molar-refractivity contribution in [2.24, 2.45) is 0 Å². The van der Waals surface area contributed by atoms with E-state index in [1.165, 1.54) is 18.4 Å². The van der Waals surface area contributed by atoms with Crippen molar-refractivity contribution < 1.29 is 19.1 Å². The molecule has 1 rings (SSSR count). The quantitative estimate of drug-likeness (QED) is 0.702. The van der Waals surface area contributed by atoms with Crippen LogP contribution in [-0.2, 0) is 14.3 Å². The summed E-state index contributed by atoms with van der Waals surface area (Å²) < 4.78 is 9.56. The van der Waals surface area contributed by atoms with Crippen LogP contribution in [-0.4, -0.2) is 55.7 Å². The minimum Gasteiger partial charge on any atom is -0.469 e. The summed E-state index contributed by atoms with van der Waals surface area (Å²) in [6, 6.07) is 0. The Morgan fingerprint density at radius 2 is 2.11 bits per heavy atom. The highest BCUT2D eigenvalue weighted by molar-refractivity contribution is 7.11. The molecule has 0 saturated carbocycles. The number of aromatic nitrogens is 1. The van der Waals surface area contributed by atoms with Crippen LogP contribution in [0.3, 0.4) is 0 Å². The molecule has 0 N–H and O–H groups in total. The van der Waals surface area contributed by atoms with E-state index < -0.39 is 0 Å². The van der Waals surface area contributed by atoms with Gasteiger partial charge in [0.05, 0.1) is 31.3 Å². The zero-order chi connectivity index (χ0) is 14.3. The molecule has 0 aliphatic heterocycles. The van der Waals surface area contributed by atoms with E-state index in [1.54, 1.807) is 24.4 Å². The minimum absolute atomic E-state index is 0.124. The summed E-state index contributed by atoms with van der Waals surface area (Å²) in [6.07, 6.45) is 0.170. The molecule has 106 valence electrons. The van der Waals surface area contributed by atoms with Gasteiger partial charge in [-0.2, -0.15) is 0 Å². The normalized spacial score (nSPS) is 10.3. The Morgan fingerprint density at radius 3 is 2.63 bits per heavy atom. The molecule has 7 heteroatoms. The van der Waals surface area contributed by atoms with Crippen molar-refractivity contribution in [2.45, 2.75) is 13.3 Å². The molecule has 1 amide bonds. The summed E-state index contributed by atoms with van der Waals surface area (Å²) in [5.41, 5.74) is 2.34. The maximum absolute atomic E-state index is 12.3. The fourth-order valence-corrected chi connectivity index (χ4v) is 2.26. The molecular formula is C12H18N2O4S. The molecule has 0 spiro atoms. The molecule has 0 unspecified atom stereocenters. The number of ether oxygens (including phenoxy) is 2. The number of aryl methyl sites for hydroxylation is 1. The van der Waals surface area contributed by atoms with Crippen LogP contribution >= 0.6 is 11.3 Å². The first kappa shape index (κ1) is 15.6. The van der Waals surface area contributed by atoms with Gasteiger partial charge in [0.25, 0.3) is 5.91 Å². The Labute approximate surface area is 116 Å². The highest BCUT2D eigenvalue weighted by Crippen LogP contribution is 2.15. The molecule has 0 radical (unpaired) electrons. The van der Waals surface area contributed by atoms with E-state index in [0.717, 1.165) is 0 Å². The second-order valence-electron chi connectivity index (χ2n) is 3.88. The first-order chi connectivity index (χ1) is 9.10.